The van der Waals surface area contributed by atoms with Gasteiger partial charge < -0.3 is 29.7 Å². The van der Waals surface area contributed by atoms with Gasteiger partial charge in [-0.1, -0.05) is 43.2 Å². The van der Waals surface area contributed by atoms with E-state index in [1.54, 1.807) is 12.3 Å². The first-order valence-corrected chi connectivity index (χ1v) is 25.5. The average Bonchev–Trinajstić information content (AvgIpc) is 3.95. The van der Waals surface area contributed by atoms with E-state index in [2.05, 4.69) is 67.7 Å². The molecule has 3 N–H and O–H groups in total. The Kier molecular flexibility index (Phi) is 12.4. The molecular formula is C50H59ClN10O6S. The number of pyridine rings is 1. The number of amides is 1. The van der Waals surface area contributed by atoms with Crippen LogP contribution in [0.5, 0.6) is 5.88 Å². The fourth-order valence-corrected chi connectivity index (χ4v) is 11.7. The molecule has 1 aliphatic carbocycles. The number of nitrogens with zero attached hydrogens (tertiary/aromatic N) is 7. The third kappa shape index (κ3) is 9.51. The molecule has 0 bridgehead atoms. The zero-order valence-electron chi connectivity index (χ0n) is 39.1. The summed E-state index contributed by atoms with van der Waals surface area (Å²) in [7, 11) is -2.51. The van der Waals surface area contributed by atoms with Crippen LogP contribution in [0.3, 0.4) is 0 Å². The third-order valence-electron chi connectivity index (χ3n) is 14.4. The smallest absolute Gasteiger partial charge is 0.293 e. The highest BCUT2D eigenvalue weighted by Crippen LogP contribution is 2.45. The van der Waals surface area contributed by atoms with Crippen LogP contribution in [0.25, 0.3) is 16.6 Å². The number of carbonyl (C=O) groups excluding carboxylic acids is 1. The summed E-state index contributed by atoms with van der Waals surface area (Å²) >= 11 is 6.28. The summed E-state index contributed by atoms with van der Waals surface area (Å²) in [5, 5.41) is 17.3. The van der Waals surface area contributed by atoms with E-state index in [-0.39, 0.29) is 33.7 Å². The molecule has 0 radical (unpaired) electrons. The Balaban J connectivity index is 0.925. The van der Waals surface area contributed by atoms with Crippen molar-refractivity contribution in [2.75, 3.05) is 94.2 Å². The molecule has 5 aliphatic rings. The Labute approximate surface area is 402 Å². The van der Waals surface area contributed by atoms with E-state index < -0.39 is 20.9 Å². The number of likely N-dealkylation sites (N-methyl/N-ethyl adjacent to an activating group) is 1. The van der Waals surface area contributed by atoms with Gasteiger partial charge in [0, 0.05) is 99.8 Å². The number of rotatable bonds is 11. The highest BCUT2D eigenvalue weighted by molar-refractivity contribution is 7.90. The Morgan fingerprint density at radius 1 is 0.971 bits per heavy atom. The van der Waals surface area contributed by atoms with E-state index in [4.69, 9.17) is 21.3 Å². The van der Waals surface area contributed by atoms with E-state index in [1.165, 1.54) is 22.8 Å². The summed E-state index contributed by atoms with van der Waals surface area (Å²) in [6.07, 6.45) is 5.10. The minimum absolute atomic E-state index is 0.122. The van der Waals surface area contributed by atoms with Gasteiger partial charge in [-0.2, -0.15) is 4.98 Å². The van der Waals surface area contributed by atoms with Crippen LogP contribution in [0.4, 0.5) is 28.4 Å². The predicted molar refractivity (Wildman–Crippen MR) is 267 cm³/mol. The zero-order valence-corrected chi connectivity index (χ0v) is 40.6. The Hall–Kier alpha value is -5.72. The molecule has 1 amide bonds. The lowest BCUT2D eigenvalue weighted by atomic mass is 9.72. The van der Waals surface area contributed by atoms with E-state index in [0.717, 1.165) is 100 Å². The number of nitro benzene ring substituents is 1. The van der Waals surface area contributed by atoms with Gasteiger partial charge in [-0.25, -0.2) is 13.1 Å². The number of nitrogens with one attached hydrogen (secondary N) is 3. The molecular weight excluding hydrogens is 904 g/mol. The molecule has 18 heteroatoms. The van der Waals surface area contributed by atoms with Crippen LogP contribution in [0.1, 0.15) is 61.5 Å². The number of H-pyrrole nitrogens is 1. The standard InChI is InChI=1S/C50H59ClN10O6S/c1-32-29-60(45-25-34-12-14-52-47(34)54-49(45)67-32)43-26-39(59-21-19-57(20-22-59)30-35-11-13-50(2,3)28-42(35)33-5-7-37(51)8-6-33)9-10-41(43)48(62)55-68(65,66)40-24-36-23-38(31-58-17-15-56(4)16-18-58)53-46(36)44(27-40)61(63)64/h5-10,12,14,24-27,32,38,53H,11,13,15-23,28-31H2,1-4H3,(H,52,54)(H,55,62)/t32-,38-/m1/s1. The zero-order chi connectivity index (χ0) is 47.5. The number of aromatic nitrogens is 2. The van der Waals surface area contributed by atoms with Crippen molar-refractivity contribution in [2.45, 2.75) is 63.5 Å². The molecule has 0 spiro atoms. The largest absolute Gasteiger partial charge is 0.471 e. The van der Waals surface area contributed by atoms with E-state index in [9.17, 15) is 23.3 Å². The van der Waals surface area contributed by atoms with Gasteiger partial charge in [0.15, 0.2) is 0 Å². The maximum absolute atomic E-state index is 14.6. The van der Waals surface area contributed by atoms with Crippen molar-refractivity contribution in [1.29, 1.82) is 0 Å². The number of nitro groups is 1. The maximum Gasteiger partial charge on any atom is 0.293 e. The van der Waals surface area contributed by atoms with Crippen molar-refractivity contribution in [1.82, 2.24) is 29.4 Å². The van der Waals surface area contributed by atoms with Gasteiger partial charge in [-0.3, -0.25) is 24.7 Å². The number of hydrogen-bond donors (Lipinski definition) is 3. The van der Waals surface area contributed by atoms with Crippen LogP contribution in [0.15, 0.2) is 83.4 Å². The number of anilines is 4. The number of fused-ring (bicyclic) bond motifs is 3. The molecule has 2 fully saturated rings. The first kappa shape index (κ1) is 46.0. The molecule has 2 aromatic heterocycles. The van der Waals surface area contributed by atoms with Gasteiger partial charge in [0.25, 0.3) is 21.6 Å². The quantitative estimate of drug-likeness (QED) is 0.0877. The molecule has 16 nitrogen and oxygen atoms in total. The second kappa shape index (κ2) is 18.3. The molecule has 2 saturated heterocycles. The number of aromatic amines is 1. The normalized spacial score (nSPS) is 21.3. The molecule has 3 aromatic carbocycles. The molecule has 0 saturated carbocycles. The van der Waals surface area contributed by atoms with E-state index >= 15 is 0 Å². The number of hydrogen-bond acceptors (Lipinski definition) is 13. The Bertz CT molecular complexity index is 2910. The van der Waals surface area contributed by atoms with Crippen LogP contribution in [0.2, 0.25) is 5.02 Å². The predicted octanol–water partition coefficient (Wildman–Crippen LogP) is 7.53. The van der Waals surface area contributed by atoms with Crippen LogP contribution in [-0.4, -0.2) is 135 Å². The third-order valence-corrected chi connectivity index (χ3v) is 15.9. The fourth-order valence-electron chi connectivity index (χ4n) is 10.6. The summed E-state index contributed by atoms with van der Waals surface area (Å²) in [4.78, 5) is 45.4. The van der Waals surface area contributed by atoms with Crippen molar-refractivity contribution < 1.29 is 22.9 Å². The van der Waals surface area contributed by atoms with Gasteiger partial charge in [-0.15, -0.1) is 0 Å². The highest BCUT2D eigenvalue weighted by atomic mass is 35.5. The Morgan fingerprint density at radius 3 is 2.47 bits per heavy atom. The fraction of sp³-hybridized carbons (Fsp3) is 0.440. The lowest BCUT2D eigenvalue weighted by molar-refractivity contribution is -0.384. The van der Waals surface area contributed by atoms with Crippen LogP contribution >= 0.6 is 11.6 Å². The molecule has 358 valence electrons. The topological polar surface area (TPSA) is 173 Å². The second-order valence-corrected chi connectivity index (χ2v) is 22.1. The van der Waals surface area contributed by atoms with Crippen molar-refractivity contribution in [3.05, 3.63) is 110 Å². The summed E-state index contributed by atoms with van der Waals surface area (Å²) < 4.78 is 37.0. The number of carbonyl (C=O) groups is 1. The van der Waals surface area contributed by atoms with Crippen LogP contribution < -0.4 is 24.6 Å². The lowest BCUT2D eigenvalue weighted by Crippen LogP contribution is -2.47. The van der Waals surface area contributed by atoms with Crippen molar-refractivity contribution >= 4 is 72.6 Å². The number of sulfonamides is 1. The number of halogens is 1. The van der Waals surface area contributed by atoms with Crippen molar-refractivity contribution in [3.8, 4) is 5.88 Å². The number of allylic oxidation sites excluding steroid dienone is 1. The first-order valence-electron chi connectivity index (χ1n) is 23.6. The average molecular weight is 964 g/mol. The number of benzene rings is 3. The Morgan fingerprint density at radius 2 is 1.72 bits per heavy atom. The van der Waals surface area contributed by atoms with Gasteiger partial charge >= 0.3 is 0 Å². The molecule has 2 atom stereocenters. The second-order valence-electron chi connectivity index (χ2n) is 20.0. The summed E-state index contributed by atoms with van der Waals surface area (Å²) in [5.74, 6) is -0.470. The molecule has 68 heavy (non-hydrogen) atoms. The summed E-state index contributed by atoms with van der Waals surface area (Å²) in [6.45, 7) is 15.3. The minimum Gasteiger partial charge on any atom is -0.471 e. The van der Waals surface area contributed by atoms with Gasteiger partial charge in [0.2, 0.25) is 5.88 Å². The highest BCUT2D eigenvalue weighted by Gasteiger charge is 2.36. The lowest BCUT2D eigenvalue weighted by Gasteiger charge is -2.40. The van der Waals surface area contributed by atoms with Gasteiger partial charge in [-0.05, 0) is 110 Å². The molecule has 6 heterocycles. The summed E-state index contributed by atoms with van der Waals surface area (Å²) in [6, 6.07) is 20.0. The van der Waals surface area contributed by atoms with Crippen LogP contribution in [0, 0.1) is 15.5 Å². The minimum atomic E-state index is -4.59. The van der Waals surface area contributed by atoms with Crippen molar-refractivity contribution in [2.24, 2.45) is 5.41 Å². The van der Waals surface area contributed by atoms with Crippen molar-refractivity contribution in [3.63, 3.8) is 0 Å². The monoisotopic (exact) mass is 962 g/mol. The summed E-state index contributed by atoms with van der Waals surface area (Å²) in [5.41, 5.74) is 7.67. The SMILES string of the molecule is C[C@@H]1CN(c2cc(N3CCN(CC4=C(c5ccc(Cl)cc5)CC(C)(C)CC4)CC3)ccc2C(=O)NS(=O)(=O)c2cc3c(c([N+](=O)[O-])c2)N[C@@H](CN2CCN(C)CC2)C3)c2cc3cc[nH]c3nc2O1. The van der Waals surface area contributed by atoms with Gasteiger partial charge in [0.1, 0.15) is 23.1 Å². The molecule has 10 rings (SSSR count). The first-order chi connectivity index (χ1) is 32.6. The van der Waals surface area contributed by atoms with E-state index in [1.807, 2.05) is 48.2 Å². The molecule has 5 aromatic rings. The molecule has 4 aliphatic heterocycles. The van der Waals surface area contributed by atoms with E-state index in [0.29, 0.717) is 53.7 Å². The number of ether oxygens (including phenoxy) is 1. The van der Waals surface area contributed by atoms with Crippen LogP contribution in [-0.2, 0) is 16.4 Å². The maximum atomic E-state index is 14.6. The number of piperazine rings is 2. The van der Waals surface area contributed by atoms with Gasteiger partial charge in [0.05, 0.1) is 27.6 Å². The molecule has 0 unspecified atom stereocenters.